The van der Waals surface area contributed by atoms with E-state index < -0.39 is 0 Å². The van der Waals surface area contributed by atoms with Gasteiger partial charge in [-0.05, 0) is 55.9 Å². The van der Waals surface area contributed by atoms with E-state index >= 15 is 0 Å². The Morgan fingerprint density at radius 3 is 2.86 bits per heavy atom. The van der Waals surface area contributed by atoms with Crippen LogP contribution in [-0.2, 0) is 0 Å². The number of rotatable bonds is 6. The molecule has 0 radical (unpaired) electrons. The molecule has 1 saturated carbocycles. The van der Waals surface area contributed by atoms with Gasteiger partial charge in [-0.15, -0.1) is 0 Å². The summed E-state index contributed by atoms with van der Waals surface area (Å²) in [5, 5.41) is 3.47. The minimum Gasteiger partial charge on any atom is -0.370 e. The number of aliphatic imine (C=N–C) groups is 1. The van der Waals surface area contributed by atoms with E-state index in [0.29, 0.717) is 17.9 Å². The summed E-state index contributed by atoms with van der Waals surface area (Å²) in [5.41, 5.74) is 9.15. The zero-order chi connectivity index (χ0) is 15.5. The lowest BCUT2D eigenvalue weighted by Gasteiger charge is -2.40. The molecule has 0 amide bonds. The molecule has 122 valence electrons. The minimum atomic E-state index is 0.443. The number of nitrogens with two attached hydrogens (primary N) is 1. The third-order valence-corrected chi connectivity index (χ3v) is 5.68. The van der Waals surface area contributed by atoms with Gasteiger partial charge in [0.1, 0.15) is 0 Å². The van der Waals surface area contributed by atoms with E-state index in [9.17, 15) is 0 Å². The molecule has 1 heterocycles. The van der Waals surface area contributed by atoms with Gasteiger partial charge in [0, 0.05) is 11.6 Å². The Balaban J connectivity index is 1.89. The van der Waals surface area contributed by atoms with Gasteiger partial charge in [0.25, 0.3) is 0 Å². The number of unbranched alkanes of at least 4 members (excludes halogenated alkanes) is 1. The summed E-state index contributed by atoms with van der Waals surface area (Å²) < 4.78 is 0. The Bertz CT molecular complexity index is 489. The molecular weight excluding hydrogens is 270 g/mol. The highest BCUT2D eigenvalue weighted by atomic mass is 15.2. The summed E-state index contributed by atoms with van der Waals surface area (Å²) >= 11 is 0. The Morgan fingerprint density at radius 1 is 1.23 bits per heavy atom. The fourth-order valence-corrected chi connectivity index (χ4v) is 4.76. The molecule has 3 nitrogen and oxygen atoms in total. The monoisotopic (exact) mass is 301 g/mol. The van der Waals surface area contributed by atoms with Crippen molar-refractivity contribution in [2.24, 2.45) is 28.5 Å². The van der Waals surface area contributed by atoms with Crippen LogP contribution in [0.4, 0.5) is 0 Å². The summed E-state index contributed by atoms with van der Waals surface area (Å²) in [6.07, 6.45) is 14.7. The molecule has 0 aromatic heterocycles. The summed E-state index contributed by atoms with van der Waals surface area (Å²) in [6, 6.07) is 0.443. The standard InChI is InChI=1S/C19H31N3/c1-3-5-6-7-9-15-13(8-4-2)12-14-10-11-16-17(14)18(15)22-19(20)21-16/h6-7,13-14,16-17H,3-5,8-12H2,1-2H3,(H3,20,21,22). The molecule has 2 aliphatic carbocycles. The van der Waals surface area contributed by atoms with E-state index in [4.69, 9.17) is 5.73 Å². The van der Waals surface area contributed by atoms with Crippen molar-refractivity contribution < 1.29 is 0 Å². The summed E-state index contributed by atoms with van der Waals surface area (Å²) in [5.74, 6) is 2.83. The van der Waals surface area contributed by atoms with Crippen molar-refractivity contribution >= 4 is 5.96 Å². The van der Waals surface area contributed by atoms with Crippen molar-refractivity contribution in [2.75, 3.05) is 0 Å². The van der Waals surface area contributed by atoms with Gasteiger partial charge in [0.15, 0.2) is 5.96 Å². The van der Waals surface area contributed by atoms with Gasteiger partial charge in [-0.1, -0.05) is 38.8 Å². The van der Waals surface area contributed by atoms with Crippen molar-refractivity contribution in [3.63, 3.8) is 0 Å². The number of nitrogens with zero attached hydrogens (tertiary/aromatic N) is 1. The zero-order valence-electron chi connectivity index (χ0n) is 14.1. The smallest absolute Gasteiger partial charge is 0.193 e. The quantitative estimate of drug-likeness (QED) is 0.725. The SMILES string of the molecule is CCCC=CCC1=C2NC(N)=NC3CCC(CC1CCC)C23. The van der Waals surface area contributed by atoms with Gasteiger partial charge in [-0.2, -0.15) is 0 Å². The molecule has 0 aromatic carbocycles. The highest BCUT2D eigenvalue weighted by molar-refractivity contribution is 5.81. The molecule has 3 heteroatoms. The average molecular weight is 301 g/mol. The van der Waals surface area contributed by atoms with Crippen LogP contribution in [0.15, 0.2) is 28.4 Å². The number of hydrogen-bond donors (Lipinski definition) is 2. The second-order valence-corrected chi connectivity index (χ2v) is 7.19. The molecule has 4 unspecified atom stereocenters. The normalized spacial score (nSPS) is 33.8. The van der Waals surface area contributed by atoms with E-state index in [1.807, 2.05) is 0 Å². The van der Waals surface area contributed by atoms with E-state index in [1.54, 1.807) is 5.57 Å². The lowest BCUT2D eigenvalue weighted by atomic mass is 9.70. The highest BCUT2D eigenvalue weighted by Gasteiger charge is 2.46. The Labute approximate surface area is 135 Å². The molecule has 1 aliphatic heterocycles. The molecule has 0 aromatic rings. The largest absolute Gasteiger partial charge is 0.370 e. The van der Waals surface area contributed by atoms with Crippen LogP contribution in [0.2, 0.25) is 0 Å². The first-order chi connectivity index (χ1) is 10.7. The first kappa shape index (κ1) is 15.6. The van der Waals surface area contributed by atoms with Crippen LogP contribution < -0.4 is 11.1 Å². The molecule has 4 atom stereocenters. The molecular formula is C19H31N3. The van der Waals surface area contributed by atoms with Crippen molar-refractivity contribution in [2.45, 2.75) is 71.3 Å². The average Bonchev–Trinajstić information content (AvgIpc) is 2.89. The van der Waals surface area contributed by atoms with Gasteiger partial charge in [-0.25, -0.2) is 4.99 Å². The van der Waals surface area contributed by atoms with Crippen molar-refractivity contribution in [1.29, 1.82) is 0 Å². The van der Waals surface area contributed by atoms with Crippen LogP contribution in [0.1, 0.15) is 65.2 Å². The van der Waals surface area contributed by atoms with Crippen LogP contribution in [-0.4, -0.2) is 12.0 Å². The fraction of sp³-hybridized carbons (Fsp3) is 0.737. The predicted octanol–water partition coefficient (Wildman–Crippen LogP) is 4.12. The molecule has 1 fully saturated rings. The third kappa shape index (κ3) is 2.95. The second kappa shape index (κ2) is 6.89. The van der Waals surface area contributed by atoms with Gasteiger partial charge in [-0.3, -0.25) is 0 Å². The zero-order valence-corrected chi connectivity index (χ0v) is 14.1. The highest BCUT2D eigenvalue weighted by Crippen LogP contribution is 2.50. The van der Waals surface area contributed by atoms with Crippen LogP contribution in [0, 0.1) is 17.8 Å². The molecule has 0 bridgehead atoms. The molecule has 0 saturated heterocycles. The van der Waals surface area contributed by atoms with E-state index in [1.165, 1.54) is 50.6 Å². The van der Waals surface area contributed by atoms with Crippen molar-refractivity contribution in [3.05, 3.63) is 23.4 Å². The first-order valence-corrected chi connectivity index (χ1v) is 9.22. The maximum absolute atomic E-state index is 6.07. The van der Waals surface area contributed by atoms with Crippen LogP contribution in [0.5, 0.6) is 0 Å². The van der Waals surface area contributed by atoms with E-state index in [-0.39, 0.29) is 0 Å². The third-order valence-electron chi connectivity index (χ3n) is 5.68. The summed E-state index contributed by atoms with van der Waals surface area (Å²) in [4.78, 5) is 4.67. The van der Waals surface area contributed by atoms with E-state index in [0.717, 1.165) is 18.3 Å². The van der Waals surface area contributed by atoms with Gasteiger partial charge in [0.2, 0.25) is 0 Å². The number of allylic oxidation sites excluding steroid dienone is 3. The topological polar surface area (TPSA) is 50.4 Å². The maximum Gasteiger partial charge on any atom is 0.193 e. The van der Waals surface area contributed by atoms with Crippen LogP contribution in [0.3, 0.4) is 0 Å². The van der Waals surface area contributed by atoms with Crippen LogP contribution >= 0.6 is 0 Å². The predicted molar refractivity (Wildman–Crippen MR) is 93.5 cm³/mol. The lowest BCUT2D eigenvalue weighted by molar-refractivity contribution is 0.282. The van der Waals surface area contributed by atoms with Gasteiger partial charge < -0.3 is 11.1 Å². The number of guanidine groups is 1. The Hall–Kier alpha value is -1.25. The second-order valence-electron chi connectivity index (χ2n) is 7.19. The summed E-state index contributed by atoms with van der Waals surface area (Å²) in [7, 11) is 0. The molecule has 3 rings (SSSR count). The van der Waals surface area contributed by atoms with Gasteiger partial charge in [0.05, 0.1) is 6.04 Å². The minimum absolute atomic E-state index is 0.443. The van der Waals surface area contributed by atoms with E-state index in [2.05, 4.69) is 36.3 Å². The lowest BCUT2D eigenvalue weighted by Crippen LogP contribution is -2.46. The maximum atomic E-state index is 6.07. The van der Waals surface area contributed by atoms with Crippen LogP contribution in [0.25, 0.3) is 0 Å². The van der Waals surface area contributed by atoms with Crippen molar-refractivity contribution in [1.82, 2.24) is 5.32 Å². The summed E-state index contributed by atoms with van der Waals surface area (Å²) in [6.45, 7) is 4.54. The molecule has 3 aliphatic rings. The Morgan fingerprint density at radius 2 is 2.09 bits per heavy atom. The van der Waals surface area contributed by atoms with Crippen molar-refractivity contribution in [3.8, 4) is 0 Å². The molecule has 22 heavy (non-hydrogen) atoms. The first-order valence-electron chi connectivity index (χ1n) is 9.22. The number of nitrogens with one attached hydrogen (secondary N) is 1. The molecule has 0 spiro atoms. The fourth-order valence-electron chi connectivity index (χ4n) is 4.76. The molecule has 3 N–H and O–H groups in total. The number of hydrogen-bond acceptors (Lipinski definition) is 3. The van der Waals surface area contributed by atoms with Gasteiger partial charge >= 0.3 is 0 Å². The Kier molecular flexibility index (Phi) is 4.90.